The summed E-state index contributed by atoms with van der Waals surface area (Å²) in [5.74, 6) is -1.23. The second-order valence-corrected chi connectivity index (χ2v) is 6.89. The quantitative estimate of drug-likeness (QED) is 0.808. The summed E-state index contributed by atoms with van der Waals surface area (Å²) in [5, 5.41) is 8.82. The first-order valence-corrected chi connectivity index (χ1v) is 8.27. The average molecular weight is 357 g/mol. The van der Waals surface area contributed by atoms with Crippen molar-refractivity contribution in [2.24, 2.45) is 11.8 Å². The van der Waals surface area contributed by atoms with E-state index in [2.05, 4.69) is 0 Å². The van der Waals surface area contributed by atoms with Gasteiger partial charge in [-0.1, -0.05) is 26.0 Å². The van der Waals surface area contributed by atoms with Crippen molar-refractivity contribution in [3.8, 4) is 0 Å². The molecule has 0 saturated heterocycles. The van der Waals surface area contributed by atoms with Crippen molar-refractivity contribution < 1.29 is 27.9 Å². The van der Waals surface area contributed by atoms with Crippen LogP contribution < -0.4 is 0 Å². The smallest absolute Gasteiger partial charge is 0.416 e. The normalized spacial score (nSPS) is 19.8. The Morgan fingerprint density at radius 2 is 1.84 bits per heavy atom. The molecule has 1 fully saturated rings. The molecule has 4 nitrogen and oxygen atoms in total. The molecule has 0 heterocycles. The first kappa shape index (κ1) is 19.3. The molecular weight excluding hydrogens is 335 g/mol. The number of benzene rings is 1. The van der Waals surface area contributed by atoms with E-state index in [0.29, 0.717) is 18.5 Å². The maximum absolute atomic E-state index is 12.6. The van der Waals surface area contributed by atoms with Crippen LogP contribution in [0.4, 0.5) is 13.2 Å². The van der Waals surface area contributed by atoms with Gasteiger partial charge < -0.3 is 10.0 Å². The number of carbonyl (C=O) groups excluding carboxylic acids is 1. The van der Waals surface area contributed by atoms with Crippen LogP contribution in [-0.4, -0.2) is 35.0 Å². The lowest BCUT2D eigenvalue weighted by molar-refractivity contribution is -0.139. The van der Waals surface area contributed by atoms with Crippen molar-refractivity contribution in [1.29, 1.82) is 0 Å². The fourth-order valence-corrected chi connectivity index (χ4v) is 2.95. The van der Waals surface area contributed by atoms with Crippen LogP contribution in [-0.2, 0) is 15.8 Å². The van der Waals surface area contributed by atoms with Gasteiger partial charge in [0.1, 0.15) is 0 Å². The molecule has 2 rings (SSSR count). The number of hydrogen-bond donors (Lipinski definition) is 1. The van der Waals surface area contributed by atoms with E-state index in [1.165, 1.54) is 12.1 Å². The molecule has 1 aliphatic carbocycles. The summed E-state index contributed by atoms with van der Waals surface area (Å²) in [4.78, 5) is 24.9. The number of alkyl halides is 3. The number of carboxylic acid groups (broad SMARTS) is 1. The van der Waals surface area contributed by atoms with Gasteiger partial charge >= 0.3 is 12.1 Å². The van der Waals surface area contributed by atoms with Gasteiger partial charge in [-0.15, -0.1) is 0 Å². The zero-order valence-corrected chi connectivity index (χ0v) is 14.2. The Hall–Kier alpha value is -2.05. The molecule has 25 heavy (non-hydrogen) atoms. The van der Waals surface area contributed by atoms with Gasteiger partial charge in [-0.25, -0.2) is 0 Å². The summed E-state index contributed by atoms with van der Waals surface area (Å²) in [6, 6.07) is 4.91. The van der Waals surface area contributed by atoms with E-state index >= 15 is 0 Å². The maximum Gasteiger partial charge on any atom is 0.416 e. The Morgan fingerprint density at radius 3 is 2.32 bits per heavy atom. The number of aliphatic carboxylic acids is 1. The van der Waals surface area contributed by atoms with Gasteiger partial charge in [-0.05, 0) is 36.0 Å². The Kier molecular flexibility index (Phi) is 5.75. The van der Waals surface area contributed by atoms with Crippen LogP contribution in [0.2, 0.25) is 0 Å². The van der Waals surface area contributed by atoms with Crippen LogP contribution in [0.5, 0.6) is 0 Å². The van der Waals surface area contributed by atoms with Crippen LogP contribution in [0.1, 0.15) is 43.7 Å². The molecule has 138 valence electrons. The van der Waals surface area contributed by atoms with Crippen LogP contribution in [0.25, 0.3) is 0 Å². The fourth-order valence-electron chi connectivity index (χ4n) is 2.95. The Balaban J connectivity index is 2.02. The number of rotatable bonds is 7. The molecule has 0 spiro atoms. The van der Waals surface area contributed by atoms with E-state index in [1.807, 2.05) is 13.8 Å². The Morgan fingerprint density at radius 1 is 1.24 bits per heavy atom. The molecule has 1 amide bonds. The van der Waals surface area contributed by atoms with E-state index in [-0.39, 0.29) is 36.6 Å². The molecule has 2 atom stereocenters. The highest BCUT2D eigenvalue weighted by atomic mass is 19.4. The van der Waals surface area contributed by atoms with Crippen molar-refractivity contribution in [3.63, 3.8) is 0 Å². The Labute approximate surface area is 144 Å². The molecule has 1 aromatic carbocycles. The van der Waals surface area contributed by atoms with Gasteiger partial charge in [0.05, 0.1) is 12.0 Å². The maximum atomic E-state index is 12.6. The van der Waals surface area contributed by atoms with Gasteiger partial charge in [-0.3, -0.25) is 9.59 Å². The van der Waals surface area contributed by atoms with Crippen LogP contribution >= 0.6 is 0 Å². The van der Waals surface area contributed by atoms with Gasteiger partial charge in [0.25, 0.3) is 0 Å². The standard InChI is InChI=1S/C18H22F3NO3/c1-11(2)10-22(8-7-16(23)24)17(25)15-9-14(15)12-3-5-13(6-4-12)18(19,20)21/h3-6,11,14-15H,7-10H2,1-2H3,(H,23,24). The third-order valence-electron chi connectivity index (χ3n) is 4.27. The number of hydrogen-bond acceptors (Lipinski definition) is 2. The van der Waals surface area contributed by atoms with E-state index in [9.17, 15) is 22.8 Å². The van der Waals surface area contributed by atoms with Crippen molar-refractivity contribution in [2.45, 2.75) is 38.8 Å². The summed E-state index contributed by atoms with van der Waals surface area (Å²) >= 11 is 0. The second kappa shape index (κ2) is 7.45. The predicted molar refractivity (Wildman–Crippen MR) is 86.0 cm³/mol. The van der Waals surface area contributed by atoms with Gasteiger partial charge in [0.15, 0.2) is 0 Å². The molecular formula is C18H22F3NO3. The summed E-state index contributed by atoms with van der Waals surface area (Å²) < 4.78 is 37.8. The first-order chi connectivity index (χ1) is 11.6. The van der Waals surface area contributed by atoms with Crippen molar-refractivity contribution in [3.05, 3.63) is 35.4 Å². The number of carboxylic acids is 1. The molecule has 1 saturated carbocycles. The summed E-state index contributed by atoms with van der Waals surface area (Å²) in [5.41, 5.74) is 0.0109. The zero-order chi connectivity index (χ0) is 18.8. The molecule has 1 aliphatic rings. The van der Waals surface area contributed by atoms with E-state index in [1.54, 1.807) is 4.90 Å². The Bertz CT molecular complexity index is 625. The fraction of sp³-hybridized carbons (Fsp3) is 0.556. The lowest BCUT2D eigenvalue weighted by atomic mass is 10.1. The lowest BCUT2D eigenvalue weighted by Crippen LogP contribution is -2.37. The van der Waals surface area contributed by atoms with Crippen LogP contribution in [0, 0.1) is 11.8 Å². The zero-order valence-electron chi connectivity index (χ0n) is 14.2. The van der Waals surface area contributed by atoms with E-state index < -0.39 is 17.7 Å². The molecule has 1 aromatic rings. The second-order valence-electron chi connectivity index (χ2n) is 6.89. The first-order valence-electron chi connectivity index (χ1n) is 8.27. The molecule has 0 bridgehead atoms. The molecule has 2 unspecified atom stereocenters. The molecule has 1 N–H and O–H groups in total. The number of amides is 1. The number of halogens is 3. The van der Waals surface area contributed by atoms with Crippen LogP contribution in [0.3, 0.4) is 0 Å². The molecule has 0 radical (unpaired) electrons. The van der Waals surface area contributed by atoms with Gasteiger partial charge in [0.2, 0.25) is 5.91 Å². The third kappa shape index (κ3) is 5.21. The predicted octanol–water partition coefficient (Wildman–Crippen LogP) is 3.77. The molecule has 0 aliphatic heterocycles. The minimum Gasteiger partial charge on any atom is -0.481 e. The molecule has 0 aromatic heterocycles. The van der Waals surface area contributed by atoms with E-state index in [4.69, 9.17) is 5.11 Å². The van der Waals surface area contributed by atoms with Gasteiger partial charge in [0, 0.05) is 19.0 Å². The monoisotopic (exact) mass is 357 g/mol. The summed E-state index contributed by atoms with van der Waals surface area (Å²) in [7, 11) is 0. The average Bonchev–Trinajstić information content (AvgIpc) is 3.30. The van der Waals surface area contributed by atoms with E-state index in [0.717, 1.165) is 12.1 Å². The number of nitrogens with zero attached hydrogens (tertiary/aromatic N) is 1. The molecule has 7 heteroatoms. The van der Waals surface area contributed by atoms with Gasteiger partial charge in [-0.2, -0.15) is 13.2 Å². The minimum atomic E-state index is -4.37. The minimum absolute atomic E-state index is 0.0886. The van der Waals surface area contributed by atoms with Crippen molar-refractivity contribution in [2.75, 3.05) is 13.1 Å². The summed E-state index contributed by atoms with van der Waals surface area (Å²) in [6.45, 7) is 4.52. The highest BCUT2D eigenvalue weighted by Crippen LogP contribution is 2.49. The van der Waals surface area contributed by atoms with Crippen LogP contribution in [0.15, 0.2) is 24.3 Å². The summed E-state index contributed by atoms with van der Waals surface area (Å²) in [6.07, 6.45) is -3.90. The highest BCUT2D eigenvalue weighted by molar-refractivity contribution is 5.83. The third-order valence-corrected chi connectivity index (χ3v) is 4.27. The number of carbonyl (C=O) groups is 2. The topological polar surface area (TPSA) is 57.6 Å². The van der Waals surface area contributed by atoms with Crippen molar-refractivity contribution in [1.82, 2.24) is 4.90 Å². The highest BCUT2D eigenvalue weighted by Gasteiger charge is 2.46. The lowest BCUT2D eigenvalue weighted by Gasteiger charge is -2.24. The van der Waals surface area contributed by atoms with Crippen molar-refractivity contribution >= 4 is 11.9 Å². The largest absolute Gasteiger partial charge is 0.481 e. The SMILES string of the molecule is CC(C)CN(CCC(=O)O)C(=O)C1CC1c1ccc(C(F)(F)F)cc1.